The van der Waals surface area contributed by atoms with Crippen molar-refractivity contribution in [3.05, 3.63) is 328 Å². The van der Waals surface area contributed by atoms with Crippen LogP contribution in [0.1, 0.15) is 0 Å². The number of methoxy groups -OCH3 is 8. The minimum atomic E-state index is 0.741. The monoisotopic (exact) mass is 1410 g/mol. The zero-order valence-electron chi connectivity index (χ0n) is 60.5. The predicted octanol–water partition coefficient (Wildman–Crippen LogP) is 24.5. The van der Waals surface area contributed by atoms with E-state index in [1.165, 1.54) is 0 Å². The van der Waals surface area contributed by atoms with Crippen molar-refractivity contribution >= 4 is 124 Å². The van der Waals surface area contributed by atoms with Crippen molar-refractivity contribution in [2.24, 2.45) is 0 Å². The van der Waals surface area contributed by atoms with Crippen LogP contribution in [0.2, 0.25) is 0 Å². The number of anilines is 18. The highest BCUT2D eigenvalue weighted by Crippen LogP contribution is 2.48. The van der Waals surface area contributed by atoms with Gasteiger partial charge < -0.3 is 71.7 Å². The first-order chi connectivity index (χ1) is 52.6. The fraction of sp³-hybridized carbons (Fsp3) is 0.0870. The van der Waals surface area contributed by atoms with Gasteiger partial charge in [-0.2, -0.15) is 0 Å². The molecule has 530 valence electrons. The van der Waals surface area contributed by atoms with Crippen molar-refractivity contribution < 1.29 is 42.3 Å². The van der Waals surface area contributed by atoms with Crippen LogP contribution in [0.4, 0.5) is 102 Å². The standard InChI is InChI=1S/C92H78N6O9/c1-99-81-43-25-71(26-44-81)93(72-27-45-82(100-2)46-28-72)63-9-17-67(18-10-63)97(68-19-11-64(12-20-68)94(73-29-47-83(101-3)48-30-73)74-31-49-84(102-4)50-32-74)79-41-59-91-89(61-79)90-62-80(42-60-92(90)107-91)98(69-21-13-65(14-22-69)95(75-33-51-85(103-5)52-34-75)76-35-53-86(104-6)54-36-76)70-23-15-66(16-24-70)96(77-37-55-87(105-7)56-38-77)78-39-57-88(106-8)58-40-78/h9-62H,1-8H3. The topological polar surface area (TPSA) is 106 Å². The molecule has 0 amide bonds. The summed E-state index contributed by atoms with van der Waals surface area (Å²) in [5, 5.41) is 1.87. The van der Waals surface area contributed by atoms with Gasteiger partial charge in [-0.15, -0.1) is 0 Å². The van der Waals surface area contributed by atoms with Crippen molar-refractivity contribution in [2.45, 2.75) is 0 Å². The van der Waals surface area contributed by atoms with Gasteiger partial charge >= 0.3 is 0 Å². The van der Waals surface area contributed by atoms with Gasteiger partial charge in [0.1, 0.15) is 57.2 Å². The Kier molecular flexibility index (Phi) is 19.9. The Morgan fingerprint density at radius 3 is 0.393 bits per heavy atom. The number of nitrogens with zero attached hydrogens (tertiary/aromatic N) is 6. The van der Waals surface area contributed by atoms with Crippen LogP contribution in [0.15, 0.2) is 332 Å². The highest BCUT2D eigenvalue weighted by molar-refractivity contribution is 6.08. The SMILES string of the molecule is COc1ccc(N(c2ccc(OC)cc2)c2ccc(N(c3ccc(N(c4ccc(OC)cc4)c4ccc(OC)cc4)cc3)c3ccc4oc5ccc(N(c6ccc(N(c7ccc(OC)cc7)c7ccc(OC)cc7)cc6)c6ccc(N(c7ccc(OC)cc7)c7ccc(OC)cc7)cc6)cc5c4c3)cc2)cc1. The maximum absolute atomic E-state index is 6.84. The lowest BCUT2D eigenvalue weighted by Crippen LogP contribution is -2.13. The maximum Gasteiger partial charge on any atom is 0.135 e. The summed E-state index contributed by atoms with van der Waals surface area (Å²) in [4.78, 5) is 13.5. The van der Waals surface area contributed by atoms with Gasteiger partial charge in [0.15, 0.2) is 0 Å². The summed E-state index contributed by atoms with van der Waals surface area (Å²) in [6.07, 6.45) is 0. The molecule has 0 saturated carbocycles. The van der Waals surface area contributed by atoms with Crippen LogP contribution < -0.4 is 67.3 Å². The van der Waals surface area contributed by atoms with E-state index in [0.29, 0.717) is 0 Å². The molecule has 14 aromatic carbocycles. The van der Waals surface area contributed by atoms with E-state index in [4.69, 9.17) is 42.3 Å². The van der Waals surface area contributed by atoms with E-state index >= 15 is 0 Å². The van der Waals surface area contributed by atoms with Crippen molar-refractivity contribution in [1.82, 2.24) is 0 Å². The largest absolute Gasteiger partial charge is 0.497 e. The molecule has 15 nitrogen and oxygen atoms in total. The van der Waals surface area contributed by atoms with Gasteiger partial charge in [-0.1, -0.05) is 0 Å². The number of rotatable bonds is 26. The molecule has 15 rings (SSSR count). The first-order valence-corrected chi connectivity index (χ1v) is 34.9. The summed E-state index contributed by atoms with van der Waals surface area (Å²) in [6, 6.07) is 112. The molecule has 0 aliphatic heterocycles. The molecular formula is C92H78N6O9. The molecular weight excluding hydrogens is 1330 g/mol. The van der Waals surface area contributed by atoms with Gasteiger partial charge in [-0.05, 0) is 328 Å². The molecule has 0 saturated heterocycles. The molecule has 0 spiro atoms. The minimum Gasteiger partial charge on any atom is -0.497 e. The maximum atomic E-state index is 6.84. The molecule has 107 heavy (non-hydrogen) atoms. The molecule has 0 N–H and O–H groups in total. The average Bonchev–Trinajstić information content (AvgIpc) is 1.57. The Morgan fingerprint density at radius 2 is 0.262 bits per heavy atom. The fourth-order valence-corrected chi connectivity index (χ4v) is 13.6. The minimum absolute atomic E-state index is 0.741. The van der Waals surface area contributed by atoms with Gasteiger partial charge in [0.05, 0.1) is 56.9 Å². The molecule has 1 heterocycles. The van der Waals surface area contributed by atoms with E-state index in [2.05, 4.69) is 260 Å². The van der Waals surface area contributed by atoms with Crippen molar-refractivity contribution in [1.29, 1.82) is 0 Å². The second kappa shape index (κ2) is 31.0. The van der Waals surface area contributed by atoms with Gasteiger partial charge in [0.2, 0.25) is 0 Å². The molecule has 15 aromatic rings. The quantitative estimate of drug-likeness (QED) is 0.0513. The van der Waals surface area contributed by atoms with Crippen LogP contribution in [-0.4, -0.2) is 56.9 Å². The number of ether oxygens (including phenoxy) is 8. The molecule has 0 radical (unpaired) electrons. The van der Waals surface area contributed by atoms with Crippen LogP contribution >= 0.6 is 0 Å². The zero-order valence-corrected chi connectivity index (χ0v) is 60.5. The third-order valence-electron chi connectivity index (χ3n) is 19.1. The van der Waals surface area contributed by atoms with E-state index in [0.717, 1.165) is 170 Å². The highest BCUT2D eigenvalue weighted by Gasteiger charge is 2.24. The summed E-state index contributed by atoms with van der Waals surface area (Å²) < 4.78 is 51.7. The van der Waals surface area contributed by atoms with E-state index in [9.17, 15) is 0 Å². The first kappa shape index (κ1) is 68.8. The summed E-state index contributed by atoms with van der Waals surface area (Å²) >= 11 is 0. The Labute approximate surface area is 623 Å². The number of benzene rings is 14. The van der Waals surface area contributed by atoms with Gasteiger partial charge in [-0.25, -0.2) is 0 Å². The van der Waals surface area contributed by atoms with Gasteiger partial charge in [-0.3, -0.25) is 0 Å². The van der Waals surface area contributed by atoms with E-state index in [-0.39, 0.29) is 0 Å². The number of fused-ring (bicyclic) bond motifs is 3. The third-order valence-corrected chi connectivity index (χ3v) is 19.1. The van der Waals surface area contributed by atoms with Gasteiger partial charge in [0, 0.05) is 113 Å². The van der Waals surface area contributed by atoms with Crippen molar-refractivity contribution in [3.8, 4) is 46.0 Å². The second-order valence-corrected chi connectivity index (χ2v) is 25.1. The summed E-state index contributed by atoms with van der Waals surface area (Å²) in [5.41, 5.74) is 18.5. The molecule has 0 aliphatic carbocycles. The Balaban J connectivity index is 0.865. The van der Waals surface area contributed by atoms with E-state index in [1.807, 2.05) is 97.1 Å². The van der Waals surface area contributed by atoms with Gasteiger partial charge in [0.25, 0.3) is 0 Å². The third kappa shape index (κ3) is 14.4. The second-order valence-electron chi connectivity index (χ2n) is 25.1. The molecule has 0 fully saturated rings. The summed E-state index contributed by atoms with van der Waals surface area (Å²) in [6.45, 7) is 0. The van der Waals surface area contributed by atoms with Crippen molar-refractivity contribution in [3.63, 3.8) is 0 Å². The fourth-order valence-electron chi connectivity index (χ4n) is 13.6. The van der Waals surface area contributed by atoms with Crippen LogP contribution in [0.3, 0.4) is 0 Å². The number of furan rings is 1. The summed E-state index contributed by atoms with van der Waals surface area (Å²) in [7, 11) is 13.4. The normalized spacial score (nSPS) is 11.0. The van der Waals surface area contributed by atoms with E-state index in [1.54, 1.807) is 56.9 Å². The number of hydrogen-bond donors (Lipinski definition) is 0. The highest BCUT2D eigenvalue weighted by atomic mass is 16.5. The Morgan fingerprint density at radius 1 is 0.150 bits per heavy atom. The molecule has 0 atom stereocenters. The van der Waals surface area contributed by atoms with Crippen molar-refractivity contribution in [2.75, 3.05) is 86.3 Å². The molecule has 0 unspecified atom stereocenters. The zero-order chi connectivity index (χ0) is 73.3. The lowest BCUT2D eigenvalue weighted by atomic mass is 10.1. The average molecular weight is 1410 g/mol. The molecule has 0 aliphatic rings. The lowest BCUT2D eigenvalue weighted by molar-refractivity contribution is 0.414. The summed E-state index contributed by atoms with van der Waals surface area (Å²) in [5.74, 6) is 6.13. The Hall–Kier alpha value is -13.9. The lowest BCUT2D eigenvalue weighted by Gasteiger charge is -2.30. The van der Waals surface area contributed by atoms with Crippen LogP contribution in [0.5, 0.6) is 46.0 Å². The Bertz CT molecular complexity index is 4640. The number of hydrogen-bond acceptors (Lipinski definition) is 15. The molecule has 1 aromatic heterocycles. The smallest absolute Gasteiger partial charge is 0.135 e. The van der Waals surface area contributed by atoms with Crippen LogP contribution in [0, 0.1) is 0 Å². The van der Waals surface area contributed by atoms with E-state index < -0.39 is 0 Å². The predicted molar refractivity (Wildman–Crippen MR) is 434 cm³/mol. The van der Waals surface area contributed by atoms with Crippen LogP contribution in [0.25, 0.3) is 21.9 Å². The molecule has 0 bridgehead atoms. The first-order valence-electron chi connectivity index (χ1n) is 34.9. The van der Waals surface area contributed by atoms with Crippen LogP contribution in [-0.2, 0) is 0 Å². The molecule has 15 heteroatoms.